The molecule has 1 saturated heterocycles. The maximum atomic E-state index is 10.4. The third-order valence-corrected chi connectivity index (χ3v) is 5.54. The fraction of sp³-hybridized carbons (Fsp3) is 0.478. The van der Waals surface area contributed by atoms with Crippen molar-refractivity contribution in [2.24, 2.45) is 5.92 Å². The molecule has 0 bridgehead atoms. The molecule has 0 aliphatic carbocycles. The summed E-state index contributed by atoms with van der Waals surface area (Å²) >= 11 is 0. The summed E-state index contributed by atoms with van der Waals surface area (Å²) in [6.07, 6.45) is 1.99. The number of β-amino-alcohol motifs (C(OH)–C–C–N with tert-alkyl or cyclic N) is 1. The Morgan fingerprint density at radius 2 is 1.89 bits per heavy atom. The zero-order valence-corrected chi connectivity index (χ0v) is 16.5. The van der Waals surface area contributed by atoms with Crippen molar-refractivity contribution in [3.63, 3.8) is 0 Å². The van der Waals surface area contributed by atoms with Crippen LogP contribution in [0.3, 0.4) is 0 Å². The molecule has 1 aliphatic heterocycles. The van der Waals surface area contributed by atoms with E-state index in [2.05, 4.69) is 29.3 Å². The number of nitrogens with one attached hydrogen (secondary N) is 1. The molecule has 1 fully saturated rings. The number of rotatable bonds is 8. The van der Waals surface area contributed by atoms with Gasteiger partial charge >= 0.3 is 0 Å². The molecule has 4 heteroatoms. The summed E-state index contributed by atoms with van der Waals surface area (Å²) < 4.78 is 5.32. The van der Waals surface area contributed by atoms with E-state index in [1.54, 1.807) is 7.11 Å². The number of aryl methyl sites for hydroxylation is 1. The van der Waals surface area contributed by atoms with Crippen LogP contribution in [0.25, 0.3) is 0 Å². The van der Waals surface area contributed by atoms with Crippen LogP contribution in [-0.4, -0.2) is 43.3 Å². The largest absolute Gasteiger partial charge is 0.496 e. The SMILES string of the molecule is COc1ccc(CNCC2CCN(CC(O)c3ccccc3)CC2)cc1C. The molecule has 1 aliphatic rings. The fourth-order valence-corrected chi connectivity index (χ4v) is 3.87. The third kappa shape index (κ3) is 5.80. The van der Waals surface area contributed by atoms with Crippen molar-refractivity contribution in [1.82, 2.24) is 10.2 Å². The first-order chi connectivity index (χ1) is 13.2. The molecule has 2 aromatic rings. The van der Waals surface area contributed by atoms with E-state index >= 15 is 0 Å². The molecule has 146 valence electrons. The van der Waals surface area contributed by atoms with Gasteiger partial charge in [-0.1, -0.05) is 42.5 Å². The molecule has 1 heterocycles. The van der Waals surface area contributed by atoms with Gasteiger partial charge in [0, 0.05) is 13.1 Å². The minimum Gasteiger partial charge on any atom is -0.496 e. The highest BCUT2D eigenvalue weighted by Gasteiger charge is 2.21. The third-order valence-electron chi connectivity index (χ3n) is 5.54. The van der Waals surface area contributed by atoms with Crippen LogP contribution in [0, 0.1) is 12.8 Å². The van der Waals surface area contributed by atoms with E-state index in [-0.39, 0.29) is 6.10 Å². The van der Waals surface area contributed by atoms with E-state index < -0.39 is 0 Å². The normalized spacial score (nSPS) is 17.0. The molecule has 4 nitrogen and oxygen atoms in total. The number of benzene rings is 2. The lowest BCUT2D eigenvalue weighted by Crippen LogP contribution is -2.39. The molecular weight excluding hydrogens is 336 g/mol. The molecule has 0 saturated carbocycles. The number of hydrogen-bond acceptors (Lipinski definition) is 4. The van der Waals surface area contributed by atoms with Gasteiger partial charge in [0.25, 0.3) is 0 Å². The average molecular weight is 369 g/mol. The number of likely N-dealkylation sites (tertiary alicyclic amines) is 1. The molecule has 1 atom stereocenters. The summed E-state index contributed by atoms with van der Waals surface area (Å²) in [5.74, 6) is 1.67. The van der Waals surface area contributed by atoms with E-state index in [1.165, 1.54) is 24.0 Å². The zero-order chi connectivity index (χ0) is 19.1. The van der Waals surface area contributed by atoms with Crippen molar-refractivity contribution in [3.05, 3.63) is 65.2 Å². The zero-order valence-electron chi connectivity index (χ0n) is 16.5. The van der Waals surface area contributed by atoms with E-state index in [1.807, 2.05) is 36.4 Å². The van der Waals surface area contributed by atoms with Gasteiger partial charge in [-0.05, 0) is 68.1 Å². The van der Waals surface area contributed by atoms with Crippen LogP contribution >= 0.6 is 0 Å². The lowest BCUT2D eigenvalue weighted by Gasteiger charge is -2.33. The van der Waals surface area contributed by atoms with E-state index in [4.69, 9.17) is 4.74 Å². The Morgan fingerprint density at radius 1 is 1.15 bits per heavy atom. The Morgan fingerprint density at radius 3 is 2.56 bits per heavy atom. The highest BCUT2D eigenvalue weighted by atomic mass is 16.5. The highest BCUT2D eigenvalue weighted by Crippen LogP contribution is 2.21. The minimum absolute atomic E-state index is 0.390. The molecule has 0 radical (unpaired) electrons. The molecule has 0 aromatic heterocycles. The van der Waals surface area contributed by atoms with Crippen LogP contribution in [-0.2, 0) is 6.54 Å². The number of nitrogens with zero attached hydrogens (tertiary/aromatic N) is 1. The van der Waals surface area contributed by atoms with Crippen LogP contribution in [0.2, 0.25) is 0 Å². The number of methoxy groups -OCH3 is 1. The Hall–Kier alpha value is -1.88. The second-order valence-corrected chi connectivity index (χ2v) is 7.61. The van der Waals surface area contributed by atoms with Crippen molar-refractivity contribution in [3.8, 4) is 5.75 Å². The lowest BCUT2D eigenvalue weighted by molar-refractivity contribution is 0.0891. The number of piperidine rings is 1. The maximum Gasteiger partial charge on any atom is 0.121 e. The first kappa shape index (κ1) is 19.9. The molecular formula is C23H32N2O2. The van der Waals surface area contributed by atoms with Gasteiger partial charge in [0.05, 0.1) is 13.2 Å². The quantitative estimate of drug-likeness (QED) is 0.748. The van der Waals surface area contributed by atoms with Crippen molar-refractivity contribution < 1.29 is 9.84 Å². The number of ether oxygens (including phenoxy) is 1. The Bertz CT molecular complexity index is 697. The molecule has 27 heavy (non-hydrogen) atoms. The fourth-order valence-electron chi connectivity index (χ4n) is 3.87. The van der Waals surface area contributed by atoms with E-state index in [0.29, 0.717) is 0 Å². The van der Waals surface area contributed by atoms with Crippen LogP contribution in [0.5, 0.6) is 5.75 Å². The van der Waals surface area contributed by atoms with Gasteiger partial charge in [0.1, 0.15) is 5.75 Å². The molecule has 0 spiro atoms. The van der Waals surface area contributed by atoms with Gasteiger partial charge in [0.15, 0.2) is 0 Å². The van der Waals surface area contributed by atoms with Gasteiger partial charge in [0.2, 0.25) is 0 Å². The van der Waals surface area contributed by atoms with E-state index in [9.17, 15) is 5.11 Å². The van der Waals surface area contributed by atoms with Crippen molar-refractivity contribution >= 4 is 0 Å². The molecule has 0 amide bonds. The van der Waals surface area contributed by atoms with Gasteiger partial charge in [-0.25, -0.2) is 0 Å². The first-order valence-corrected chi connectivity index (χ1v) is 9.95. The van der Waals surface area contributed by atoms with Crippen molar-refractivity contribution in [2.75, 3.05) is 33.3 Å². The average Bonchev–Trinajstić information content (AvgIpc) is 2.70. The second kappa shape index (κ2) is 9.88. The highest BCUT2D eigenvalue weighted by molar-refractivity contribution is 5.36. The van der Waals surface area contributed by atoms with Crippen LogP contribution in [0.4, 0.5) is 0 Å². The standard InChI is InChI=1S/C23H32N2O2/c1-18-14-20(8-9-23(18)27-2)16-24-15-19-10-12-25(13-11-19)17-22(26)21-6-4-3-5-7-21/h3-9,14,19,22,24,26H,10-13,15-17H2,1-2H3. The van der Waals surface area contributed by atoms with Crippen LogP contribution in [0.1, 0.15) is 35.6 Å². The molecule has 2 aromatic carbocycles. The second-order valence-electron chi connectivity index (χ2n) is 7.61. The summed E-state index contributed by atoms with van der Waals surface area (Å²) in [6.45, 7) is 6.91. The Labute approximate surface area is 163 Å². The van der Waals surface area contributed by atoms with Crippen molar-refractivity contribution in [1.29, 1.82) is 0 Å². The van der Waals surface area contributed by atoms with E-state index in [0.717, 1.165) is 50.0 Å². The molecule has 3 rings (SSSR count). The Balaban J connectivity index is 1.36. The number of hydrogen-bond donors (Lipinski definition) is 2. The van der Waals surface area contributed by atoms with Gasteiger partial charge < -0.3 is 20.1 Å². The summed E-state index contributed by atoms with van der Waals surface area (Å²) in [5.41, 5.74) is 3.50. The predicted octanol–water partition coefficient (Wildman–Crippen LogP) is 3.54. The smallest absolute Gasteiger partial charge is 0.121 e. The minimum atomic E-state index is -0.390. The number of aliphatic hydroxyl groups excluding tert-OH is 1. The van der Waals surface area contributed by atoms with Gasteiger partial charge in [-0.15, -0.1) is 0 Å². The summed E-state index contributed by atoms with van der Waals surface area (Å²) in [4.78, 5) is 2.39. The summed E-state index contributed by atoms with van der Waals surface area (Å²) in [6, 6.07) is 16.3. The number of aliphatic hydroxyl groups is 1. The van der Waals surface area contributed by atoms with Crippen molar-refractivity contribution in [2.45, 2.75) is 32.4 Å². The maximum absolute atomic E-state index is 10.4. The van der Waals surface area contributed by atoms with Crippen LogP contribution in [0.15, 0.2) is 48.5 Å². The topological polar surface area (TPSA) is 44.7 Å². The van der Waals surface area contributed by atoms with Crippen LogP contribution < -0.4 is 10.1 Å². The van der Waals surface area contributed by atoms with Gasteiger partial charge in [-0.2, -0.15) is 0 Å². The first-order valence-electron chi connectivity index (χ1n) is 9.95. The summed E-state index contributed by atoms with van der Waals surface area (Å²) in [7, 11) is 1.71. The predicted molar refractivity (Wildman–Crippen MR) is 110 cm³/mol. The summed E-state index contributed by atoms with van der Waals surface area (Å²) in [5, 5.41) is 14.0. The van der Waals surface area contributed by atoms with Gasteiger partial charge in [-0.3, -0.25) is 0 Å². The molecule has 2 N–H and O–H groups in total. The monoisotopic (exact) mass is 368 g/mol. The Kier molecular flexibility index (Phi) is 7.27. The molecule has 1 unspecified atom stereocenters. The lowest BCUT2D eigenvalue weighted by atomic mass is 9.96.